The Bertz CT molecular complexity index is 435. The number of nitrogens with zero attached hydrogens (tertiary/aromatic N) is 3. The zero-order chi connectivity index (χ0) is 12.4. The highest BCUT2D eigenvalue weighted by Crippen LogP contribution is 2.16. The number of amides is 1. The Hall–Kier alpha value is -1.85. The zero-order valence-corrected chi connectivity index (χ0v) is 9.67. The Kier molecular flexibility index (Phi) is 3.12. The fourth-order valence-electron chi connectivity index (χ4n) is 1.83. The summed E-state index contributed by atoms with van der Waals surface area (Å²) in [6.45, 7) is 3.16. The number of aliphatic carboxylic acids is 1. The van der Waals surface area contributed by atoms with Crippen LogP contribution in [0.5, 0.6) is 0 Å². The molecule has 1 N–H and O–H groups in total. The number of aryl methyl sites for hydroxylation is 2. The van der Waals surface area contributed by atoms with E-state index in [9.17, 15) is 9.59 Å². The van der Waals surface area contributed by atoms with Gasteiger partial charge in [0.1, 0.15) is 0 Å². The summed E-state index contributed by atoms with van der Waals surface area (Å²) in [5.41, 5.74) is 1.02. The van der Waals surface area contributed by atoms with Gasteiger partial charge < -0.3 is 10.0 Å². The van der Waals surface area contributed by atoms with Gasteiger partial charge in [0.25, 0.3) is 0 Å². The van der Waals surface area contributed by atoms with Gasteiger partial charge in [0.2, 0.25) is 5.91 Å². The van der Waals surface area contributed by atoms with Crippen LogP contribution >= 0.6 is 0 Å². The van der Waals surface area contributed by atoms with Crippen LogP contribution in [0.2, 0.25) is 0 Å². The van der Waals surface area contributed by atoms with E-state index >= 15 is 0 Å². The fourth-order valence-corrected chi connectivity index (χ4v) is 1.83. The highest BCUT2D eigenvalue weighted by atomic mass is 16.4. The van der Waals surface area contributed by atoms with Crippen molar-refractivity contribution in [3.63, 3.8) is 0 Å². The number of hydrogen-bond donors (Lipinski definition) is 1. The lowest BCUT2D eigenvalue weighted by atomic mass is 10.0. The SMILES string of the molecule is Cc1ccnn1CCC(=O)N1CC(C(=O)O)C1. The van der Waals surface area contributed by atoms with Crippen LogP contribution in [0.1, 0.15) is 12.1 Å². The summed E-state index contributed by atoms with van der Waals surface area (Å²) in [5.74, 6) is -1.21. The van der Waals surface area contributed by atoms with Gasteiger partial charge in [-0.15, -0.1) is 0 Å². The van der Waals surface area contributed by atoms with Crippen molar-refractivity contribution in [3.8, 4) is 0 Å². The number of carbonyl (C=O) groups is 2. The quantitative estimate of drug-likeness (QED) is 0.807. The molecule has 0 saturated carbocycles. The molecule has 0 aliphatic carbocycles. The fraction of sp³-hybridized carbons (Fsp3) is 0.545. The first-order valence-corrected chi connectivity index (χ1v) is 5.57. The normalized spacial score (nSPS) is 15.7. The third kappa shape index (κ3) is 2.46. The van der Waals surface area contributed by atoms with E-state index in [2.05, 4.69) is 5.10 Å². The summed E-state index contributed by atoms with van der Waals surface area (Å²) >= 11 is 0. The molecule has 6 heteroatoms. The van der Waals surface area contributed by atoms with Crippen LogP contribution in [-0.2, 0) is 16.1 Å². The Morgan fingerprint density at radius 3 is 2.76 bits per heavy atom. The van der Waals surface area contributed by atoms with Gasteiger partial charge in [-0.3, -0.25) is 14.3 Å². The van der Waals surface area contributed by atoms with Crippen molar-refractivity contribution < 1.29 is 14.7 Å². The van der Waals surface area contributed by atoms with Crippen molar-refractivity contribution in [2.24, 2.45) is 5.92 Å². The first kappa shape index (κ1) is 11.6. The minimum atomic E-state index is -0.822. The lowest BCUT2D eigenvalue weighted by molar-refractivity contribution is -0.152. The molecule has 1 saturated heterocycles. The second-order valence-corrected chi connectivity index (χ2v) is 4.28. The summed E-state index contributed by atoms with van der Waals surface area (Å²) in [5, 5.41) is 12.8. The molecule has 1 aromatic heterocycles. The molecule has 6 nitrogen and oxygen atoms in total. The van der Waals surface area contributed by atoms with Crippen LogP contribution in [0.25, 0.3) is 0 Å². The summed E-state index contributed by atoms with van der Waals surface area (Å²) in [6.07, 6.45) is 2.07. The van der Waals surface area contributed by atoms with E-state index in [1.165, 1.54) is 0 Å². The molecule has 92 valence electrons. The van der Waals surface area contributed by atoms with E-state index < -0.39 is 5.97 Å². The van der Waals surface area contributed by atoms with E-state index in [1.807, 2.05) is 13.0 Å². The van der Waals surface area contributed by atoms with E-state index in [1.54, 1.807) is 15.8 Å². The van der Waals surface area contributed by atoms with Crippen molar-refractivity contribution in [2.75, 3.05) is 13.1 Å². The average molecular weight is 237 g/mol. The predicted molar refractivity (Wildman–Crippen MR) is 59.3 cm³/mol. The highest BCUT2D eigenvalue weighted by Gasteiger charge is 2.35. The first-order chi connectivity index (χ1) is 8.08. The zero-order valence-electron chi connectivity index (χ0n) is 9.67. The monoisotopic (exact) mass is 237 g/mol. The number of hydrogen-bond acceptors (Lipinski definition) is 3. The number of likely N-dealkylation sites (tertiary alicyclic amines) is 1. The molecule has 0 spiro atoms. The van der Waals surface area contributed by atoms with Crippen LogP contribution < -0.4 is 0 Å². The lowest BCUT2D eigenvalue weighted by Gasteiger charge is -2.36. The van der Waals surface area contributed by atoms with Gasteiger partial charge >= 0.3 is 5.97 Å². The Morgan fingerprint density at radius 1 is 1.53 bits per heavy atom. The topological polar surface area (TPSA) is 75.4 Å². The third-order valence-electron chi connectivity index (χ3n) is 3.05. The molecule has 1 aliphatic rings. The van der Waals surface area contributed by atoms with Gasteiger partial charge in [-0.1, -0.05) is 0 Å². The summed E-state index contributed by atoms with van der Waals surface area (Å²) < 4.78 is 1.77. The maximum atomic E-state index is 11.7. The van der Waals surface area contributed by atoms with Gasteiger partial charge in [-0.25, -0.2) is 0 Å². The summed E-state index contributed by atoms with van der Waals surface area (Å²) in [4.78, 5) is 23.9. The minimum absolute atomic E-state index is 0.00241. The maximum absolute atomic E-state index is 11.7. The van der Waals surface area contributed by atoms with E-state index in [0.717, 1.165) is 5.69 Å². The molecule has 0 radical (unpaired) electrons. The molecule has 0 atom stereocenters. The van der Waals surface area contributed by atoms with Crippen molar-refractivity contribution in [2.45, 2.75) is 19.9 Å². The van der Waals surface area contributed by atoms with Crippen LogP contribution in [0.4, 0.5) is 0 Å². The molecule has 17 heavy (non-hydrogen) atoms. The van der Waals surface area contributed by atoms with Crippen molar-refractivity contribution >= 4 is 11.9 Å². The molecule has 1 aliphatic heterocycles. The standard InChI is InChI=1S/C11H15N3O3/c1-8-2-4-12-14(8)5-3-10(15)13-6-9(7-13)11(16)17/h2,4,9H,3,5-7H2,1H3,(H,16,17). The van der Waals surface area contributed by atoms with Crippen molar-refractivity contribution in [1.29, 1.82) is 0 Å². The van der Waals surface area contributed by atoms with Crippen LogP contribution in [0, 0.1) is 12.8 Å². The first-order valence-electron chi connectivity index (χ1n) is 5.57. The van der Waals surface area contributed by atoms with Gasteiger partial charge in [0.15, 0.2) is 0 Å². The van der Waals surface area contributed by atoms with Gasteiger partial charge in [-0.05, 0) is 13.0 Å². The number of aromatic nitrogens is 2. The van der Waals surface area contributed by atoms with E-state index in [0.29, 0.717) is 26.1 Å². The van der Waals surface area contributed by atoms with Gasteiger partial charge in [-0.2, -0.15) is 5.10 Å². The molecular formula is C11H15N3O3. The van der Waals surface area contributed by atoms with Crippen molar-refractivity contribution in [1.82, 2.24) is 14.7 Å². The largest absolute Gasteiger partial charge is 0.481 e. The van der Waals surface area contributed by atoms with Crippen LogP contribution in [0.3, 0.4) is 0 Å². The second-order valence-electron chi connectivity index (χ2n) is 4.28. The minimum Gasteiger partial charge on any atom is -0.481 e. The summed E-state index contributed by atoms with van der Waals surface area (Å²) in [6, 6.07) is 1.88. The average Bonchev–Trinajstić information content (AvgIpc) is 2.58. The molecule has 0 unspecified atom stereocenters. The molecule has 1 fully saturated rings. The van der Waals surface area contributed by atoms with Crippen molar-refractivity contribution in [3.05, 3.63) is 18.0 Å². The second kappa shape index (κ2) is 4.57. The molecular weight excluding hydrogens is 222 g/mol. The number of carbonyl (C=O) groups excluding carboxylic acids is 1. The van der Waals surface area contributed by atoms with Gasteiger partial charge in [0.05, 0.1) is 5.92 Å². The summed E-state index contributed by atoms with van der Waals surface area (Å²) in [7, 11) is 0. The maximum Gasteiger partial charge on any atom is 0.310 e. The van der Waals surface area contributed by atoms with E-state index in [-0.39, 0.29) is 11.8 Å². The molecule has 1 amide bonds. The predicted octanol–water partition coefficient (Wildman–Crippen LogP) is 0.125. The van der Waals surface area contributed by atoms with Crippen LogP contribution in [0.15, 0.2) is 12.3 Å². The number of carboxylic acid groups (broad SMARTS) is 1. The Balaban J connectivity index is 1.76. The van der Waals surface area contributed by atoms with E-state index in [4.69, 9.17) is 5.11 Å². The number of rotatable bonds is 4. The van der Waals surface area contributed by atoms with Crippen LogP contribution in [-0.4, -0.2) is 44.8 Å². The highest BCUT2D eigenvalue weighted by molar-refractivity contribution is 5.80. The Labute approximate surface area is 98.8 Å². The molecule has 0 aromatic carbocycles. The lowest BCUT2D eigenvalue weighted by Crippen LogP contribution is -2.53. The number of carboxylic acids is 1. The molecule has 1 aromatic rings. The molecule has 2 heterocycles. The Morgan fingerprint density at radius 2 is 2.24 bits per heavy atom. The smallest absolute Gasteiger partial charge is 0.310 e. The molecule has 0 bridgehead atoms. The third-order valence-corrected chi connectivity index (χ3v) is 3.05. The molecule has 2 rings (SSSR count). The van der Waals surface area contributed by atoms with Gasteiger partial charge in [0, 0.05) is 37.9 Å².